The number of benzene rings is 1. The molecule has 0 radical (unpaired) electrons. The Hall–Kier alpha value is -2.81. The van der Waals surface area contributed by atoms with Crippen LogP contribution in [0.15, 0.2) is 23.0 Å². The monoisotopic (exact) mass is 478 g/mol. The van der Waals surface area contributed by atoms with Gasteiger partial charge in [-0.1, -0.05) is 0 Å². The maximum Gasteiger partial charge on any atom is 0.416 e. The first kappa shape index (κ1) is 25.8. The zero-order valence-corrected chi connectivity index (χ0v) is 20.1. The predicted octanol–water partition coefficient (Wildman–Crippen LogP) is 4.35. The van der Waals surface area contributed by atoms with Crippen LogP contribution in [0.4, 0.5) is 18.9 Å². The lowest BCUT2D eigenvalue weighted by molar-refractivity contribution is -0.137. The van der Waals surface area contributed by atoms with Crippen molar-refractivity contribution >= 4 is 11.6 Å². The van der Waals surface area contributed by atoms with Gasteiger partial charge in [-0.25, -0.2) is 0 Å². The van der Waals surface area contributed by atoms with Crippen LogP contribution < -0.4 is 21.5 Å². The molecule has 1 saturated carbocycles. The van der Waals surface area contributed by atoms with Crippen LogP contribution in [0.2, 0.25) is 0 Å². The molecule has 1 aromatic carbocycles. The Balaban J connectivity index is 1.96. The lowest BCUT2D eigenvalue weighted by atomic mass is 9.89. The normalized spacial score (nSPS) is 18.6. The summed E-state index contributed by atoms with van der Waals surface area (Å²) in [5, 5.41) is 2.64. The van der Waals surface area contributed by atoms with Crippen molar-refractivity contribution in [3.8, 4) is 0 Å². The smallest absolute Gasteiger partial charge is 0.369 e. The predicted molar refractivity (Wildman–Crippen MR) is 127 cm³/mol. The summed E-state index contributed by atoms with van der Waals surface area (Å²) in [7, 11) is 0. The number of anilines is 1. The number of alkyl halides is 3. The van der Waals surface area contributed by atoms with Crippen molar-refractivity contribution in [3.05, 3.63) is 62.1 Å². The number of pyridine rings is 1. The van der Waals surface area contributed by atoms with Crippen LogP contribution in [0.1, 0.15) is 70.9 Å². The number of amides is 1. The largest absolute Gasteiger partial charge is 0.416 e. The zero-order valence-electron chi connectivity index (χ0n) is 20.1. The Morgan fingerprint density at radius 3 is 2.35 bits per heavy atom. The van der Waals surface area contributed by atoms with E-state index in [1.54, 1.807) is 26.8 Å². The average Bonchev–Trinajstić information content (AvgIpc) is 2.74. The number of H-pyrrole nitrogens is 1. The van der Waals surface area contributed by atoms with E-state index < -0.39 is 17.6 Å². The molecule has 1 amide bonds. The minimum absolute atomic E-state index is 0.0445. The van der Waals surface area contributed by atoms with Crippen molar-refractivity contribution < 1.29 is 18.0 Å². The first-order valence-corrected chi connectivity index (χ1v) is 11.6. The maximum absolute atomic E-state index is 13.8. The molecule has 0 bridgehead atoms. The van der Waals surface area contributed by atoms with E-state index in [-0.39, 0.29) is 29.8 Å². The van der Waals surface area contributed by atoms with Gasteiger partial charge in [-0.05, 0) is 82.7 Å². The lowest BCUT2D eigenvalue weighted by Gasteiger charge is -2.38. The molecule has 1 fully saturated rings. The third-order valence-electron chi connectivity index (χ3n) is 6.70. The highest BCUT2D eigenvalue weighted by atomic mass is 19.4. The standard InChI is InChI=1S/C25H33F3N4O2/c1-5-32(19-8-6-18(29)7-9-19)22-12-17(25(26,27)28)11-20(16(22)4)23(33)30-13-21-14(2)10-15(3)31-24(21)34/h10-12,18-19H,5-9,13,29H2,1-4H3,(H,30,33)(H,31,34). The van der Waals surface area contributed by atoms with Crippen LogP contribution in [0.5, 0.6) is 0 Å². The minimum Gasteiger partial charge on any atom is -0.369 e. The molecular formula is C25H33F3N4O2. The molecule has 186 valence electrons. The summed E-state index contributed by atoms with van der Waals surface area (Å²) in [6.45, 7) is 7.52. The van der Waals surface area contributed by atoms with Crippen molar-refractivity contribution in [1.29, 1.82) is 0 Å². The molecule has 6 nitrogen and oxygen atoms in total. The van der Waals surface area contributed by atoms with Gasteiger partial charge >= 0.3 is 6.18 Å². The molecule has 0 unspecified atom stereocenters. The van der Waals surface area contributed by atoms with Crippen LogP contribution in [-0.4, -0.2) is 29.5 Å². The summed E-state index contributed by atoms with van der Waals surface area (Å²) in [4.78, 5) is 30.0. The fraction of sp³-hybridized carbons (Fsp3) is 0.520. The van der Waals surface area contributed by atoms with E-state index in [0.29, 0.717) is 34.6 Å². The number of aryl methyl sites for hydroxylation is 2. The second-order valence-electron chi connectivity index (χ2n) is 9.15. The average molecular weight is 479 g/mol. The summed E-state index contributed by atoms with van der Waals surface area (Å²) in [6.07, 6.45) is -1.38. The Morgan fingerprint density at radius 2 is 1.79 bits per heavy atom. The topological polar surface area (TPSA) is 91.2 Å². The van der Waals surface area contributed by atoms with Gasteiger partial charge in [0, 0.05) is 47.7 Å². The summed E-state index contributed by atoms with van der Waals surface area (Å²) >= 11 is 0. The molecule has 1 aliphatic carbocycles. The zero-order chi connectivity index (χ0) is 25.2. The van der Waals surface area contributed by atoms with E-state index in [1.165, 1.54) is 0 Å². The number of hydrogen-bond acceptors (Lipinski definition) is 4. The number of aromatic nitrogens is 1. The first-order chi connectivity index (χ1) is 15.9. The molecule has 0 spiro atoms. The highest BCUT2D eigenvalue weighted by Crippen LogP contribution is 2.37. The van der Waals surface area contributed by atoms with E-state index in [0.717, 1.165) is 37.8 Å². The lowest BCUT2D eigenvalue weighted by Crippen LogP contribution is -2.41. The van der Waals surface area contributed by atoms with Gasteiger partial charge in [0.15, 0.2) is 0 Å². The Bertz CT molecular complexity index is 1100. The Morgan fingerprint density at radius 1 is 1.15 bits per heavy atom. The molecule has 0 saturated heterocycles. The quantitative estimate of drug-likeness (QED) is 0.576. The summed E-state index contributed by atoms with van der Waals surface area (Å²) < 4.78 is 41.4. The number of halogens is 3. The molecule has 0 aliphatic heterocycles. The van der Waals surface area contributed by atoms with E-state index in [2.05, 4.69) is 10.3 Å². The summed E-state index contributed by atoms with van der Waals surface area (Å²) in [6, 6.07) is 4.00. The number of nitrogens with one attached hydrogen (secondary N) is 2. The fourth-order valence-electron chi connectivity index (χ4n) is 4.80. The maximum atomic E-state index is 13.8. The molecule has 4 N–H and O–H groups in total. The van der Waals surface area contributed by atoms with Crippen molar-refractivity contribution in [3.63, 3.8) is 0 Å². The number of carbonyl (C=O) groups excluding carboxylic acids is 1. The fourth-order valence-corrected chi connectivity index (χ4v) is 4.80. The number of rotatable bonds is 6. The molecule has 2 aromatic rings. The van der Waals surface area contributed by atoms with E-state index >= 15 is 0 Å². The Kier molecular flexibility index (Phi) is 7.75. The number of hydrogen-bond donors (Lipinski definition) is 3. The van der Waals surface area contributed by atoms with Crippen LogP contribution in [0, 0.1) is 20.8 Å². The van der Waals surface area contributed by atoms with Gasteiger partial charge in [0.05, 0.1) is 5.56 Å². The molecule has 1 aromatic heterocycles. The minimum atomic E-state index is -4.60. The Labute approximate surface area is 197 Å². The van der Waals surface area contributed by atoms with Crippen molar-refractivity contribution in [2.24, 2.45) is 5.73 Å². The van der Waals surface area contributed by atoms with E-state index in [1.807, 2.05) is 11.8 Å². The number of nitrogens with zero attached hydrogens (tertiary/aromatic N) is 1. The summed E-state index contributed by atoms with van der Waals surface area (Å²) in [5.74, 6) is -0.647. The second-order valence-corrected chi connectivity index (χ2v) is 9.15. The van der Waals surface area contributed by atoms with Crippen molar-refractivity contribution in [1.82, 2.24) is 10.3 Å². The van der Waals surface area contributed by atoms with Gasteiger partial charge in [0.2, 0.25) is 0 Å². The van der Waals surface area contributed by atoms with Crippen molar-refractivity contribution in [2.75, 3.05) is 11.4 Å². The number of nitrogens with two attached hydrogens (primary N) is 1. The van der Waals surface area contributed by atoms with Crippen LogP contribution in [0.25, 0.3) is 0 Å². The van der Waals surface area contributed by atoms with E-state index in [9.17, 15) is 22.8 Å². The highest BCUT2D eigenvalue weighted by molar-refractivity contribution is 5.97. The van der Waals surface area contributed by atoms with Crippen LogP contribution >= 0.6 is 0 Å². The molecule has 1 heterocycles. The molecule has 0 atom stereocenters. The summed E-state index contributed by atoms with van der Waals surface area (Å²) in [5.41, 5.74) is 7.44. The van der Waals surface area contributed by atoms with Gasteiger partial charge in [-0.2, -0.15) is 13.2 Å². The molecule has 1 aliphatic rings. The highest BCUT2D eigenvalue weighted by Gasteiger charge is 2.34. The van der Waals surface area contributed by atoms with Gasteiger partial charge in [0.25, 0.3) is 11.5 Å². The van der Waals surface area contributed by atoms with Gasteiger partial charge in [-0.3, -0.25) is 9.59 Å². The van der Waals surface area contributed by atoms with Crippen LogP contribution in [0.3, 0.4) is 0 Å². The number of aromatic amines is 1. The molecule has 3 rings (SSSR count). The SMILES string of the molecule is CCN(c1cc(C(F)(F)F)cc(C(=O)NCc2c(C)cc(C)[nH]c2=O)c1C)C1CCC(N)CC1. The second kappa shape index (κ2) is 10.2. The van der Waals surface area contributed by atoms with Crippen molar-refractivity contribution in [2.45, 2.75) is 78.2 Å². The third kappa shape index (κ3) is 5.63. The van der Waals surface area contributed by atoms with E-state index in [4.69, 9.17) is 5.73 Å². The van der Waals surface area contributed by atoms with Gasteiger partial charge in [0.1, 0.15) is 0 Å². The third-order valence-corrected chi connectivity index (χ3v) is 6.70. The molecular weight excluding hydrogens is 445 g/mol. The van der Waals surface area contributed by atoms with Gasteiger partial charge < -0.3 is 20.9 Å². The molecule has 34 heavy (non-hydrogen) atoms. The first-order valence-electron chi connectivity index (χ1n) is 11.6. The molecule has 9 heteroatoms. The van der Waals surface area contributed by atoms with Gasteiger partial charge in [-0.15, -0.1) is 0 Å². The number of carbonyl (C=O) groups is 1. The van der Waals surface area contributed by atoms with Crippen LogP contribution in [-0.2, 0) is 12.7 Å².